The molecule has 0 nitrogen and oxygen atoms in total. The van der Waals surface area contributed by atoms with E-state index in [0.717, 1.165) is 6.07 Å². The smallest absolute Gasteiger partial charge is 0.129 e. The molecule has 1 atom stereocenters. The van der Waals surface area contributed by atoms with Crippen LogP contribution in [0.3, 0.4) is 0 Å². The Kier molecular flexibility index (Phi) is 4.67. The average Bonchev–Trinajstić information content (AvgIpc) is 2.31. The number of hydrogen-bond acceptors (Lipinski definition) is 0. The lowest BCUT2D eigenvalue weighted by molar-refractivity contribution is 0.570. The van der Waals surface area contributed by atoms with Crippen LogP contribution < -0.4 is 0 Å². The molecule has 100 valence electrons. The van der Waals surface area contributed by atoms with E-state index in [2.05, 4.69) is 0 Å². The van der Waals surface area contributed by atoms with Crippen molar-refractivity contribution in [2.24, 2.45) is 0 Å². The number of rotatable bonds is 3. The van der Waals surface area contributed by atoms with Crippen LogP contribution in [0.1, 0.15) is 16.5 Å². The van der Waals surface area contributed by atoms with Gasteiger partial charge in [-0.25, -0.2) is 8.78 Å². The van der Waals surface area contributed by atoms with E-state index in [1.165, 1.54) is 12.1 Å². The van der Waals surface area contributed by atoms with Gasteiger partial charge in [0.05, 0.1) is 5.38 Å². The van der Waals surface area contributed by atoms with Gasteiger partial charge in [0.25, 0.3) is 0 Å². The molecule has 0 spiro atoms. The highest BCUT2D eigenvalue weighted by Gasteiger charge is 2.13. The van der Waals surface area contributed by atoms with Crippen molar-refractivity contribution in [1.82, 2.24) is 0 Å². The average molecular weight is 322 g/mol. The zero-order valence-corrected chi connectivity index (χ0v) is 11.9. The van der Waals surface area contributed by atoms with Crippen LogP contribution in [0.2, 0.25) is 10.0 Å². The molecular weight excluding hydrogens is 313 g/mol. The van der Waals surface area contributed by atoms with Crippen molar-refractivity contribution in [1.29, 1.82) is 0 Å². The summed E-state index contributed by atoms with van der Waals surface area (Å²) in [5, 5.41) is 0.441. The summed E-state index contributed by atoms with van der Waals surface area (Å²) in [5.74, 6) is -1.23. The molecule has 2 aromatic carbocycles. The quantitative estimate of drug-likeness (QED) is 0.627. The lowest BCUT2D eigenvalue weighted by Crippen LogP contribution is -1.99. The van der Waals surface area contributed by atoms with Crippen molar-refractivity contribution in [2.75, 3.05) is 0 Å². The molecule has 19 heavy (non-hydrogen) atoms. The predicted molar refractivity (Wildman–Crippen MR) is 75.1 cm³/mol. The Morgan fingerprint density at radius 2 is 1.58 bits per heavy atom. The van der Waals surface area contributed by atoms with Gasteiger partial charge in [-0.05, 0) is 41.8 Å². The molecule has 0 amide bonds. The first kappa shape index (κ1) is 14.6. The highest BCUT2D eigenvalue weighted by Crippen LogP contribution is 2.30. The topological polar surface area (TPSA) is 0 Å². The Balaban J connectivity index is 2.22. The van der Waals surface area contributed by atoms with Crippen LogP contribution in [0, 0.1) is 11.6 Å². The molecule has 0 N–H and O–H groups in total. The summed E-state index contributed by atoms with van der Waals surface area (Å²) >= 11 is 18.0. The summed E-state index contributed by atoms with van der Waals surface area (Å²) in [5.41, 5.74) is 1.04. The fourth-order valence-corrected chi connectivity index (χ4v) is 2.59. The number of alkyl halides is 1. The molecule has 0 saturated heterocycles. The summed E-state index contributed by atoms with van der Waals surface area (Å²) in [6, 6.07) is 8.36. The Hall–Kier alpha value is -0.830. The molecule has 2 rings (SSSR count). The van der Waals surface area contributed by atoms with E-state index in [4.69, 9.17) is 34.8 Å². The van der Waals surface area contributed by atoms with E-state index in [-0.39, 0.29) is 6.42 Å². The SMILES string of the molecule is Fc1ccc(CC(Cl)c2cc(Cl)cc(Cl)c2)c(F)c1. The van der Waals surface area contributed by atoms with Gasteiger partial charge in [-0.15, -0.1) is 11.6 Å². The Labute approximate surface area is 124 Å². The third-order valence-electron chi connectivity index (χ3n) is 2.66. The molecule has 0 bridgehead atoms. The lowest BCUT2D eigenvalue weighted by atomic mass is 10.0. The van der Waals surface area contributed by atoms with E-state index in [1.54, 1.807) is 18.2 Å². The second-order valence-corrected chi connectivity index (χ2v) is 5.51. The summed E-state index contributed by atoms with van der Waals surface area (Å²) in [6.07, 6.45) is 0.227. The number of benzene rings is 2. The predicted octanol–water partition coefficient (Wildman–Crippen LogP) is 5.79. The molecule has 5 heteroatoms. The highest BCUT2D eigenvalue weighted by molar-refractivity contribution is 6.35. The molecule has 0 aliphatic carbocycles. The van der Waals surface area contributed by atoms with Crippen LogP contribution in [-0.2, 0) is 6.42 Å². The lowest BCUT2D eigenvalue weighted by Gasteiger charge is -2.11. The van der Waals surface area contributed by atoms with E-state index in [1.807, 2.05) is 0 Å². The molecule has 0 heterocycles. The zero-order valence-electron chi connectivity index (χ0n) is 9.64. The fourth-order valence-electron chi connectivity index (χ4n) is 1.75. The van der Waals surface area contributed by atoms with Crippen molar-refractivity contribution < 1.29 is 8.78 Å². The van der Waals surface area contributed by atoms with Crippen LogP contribution >= 0.6 is 34.8 Å². The molecule has 0 fully saturated rings. The van der Waals surface area contributed by atoms with Gasteiger partial charge >= 0.3 is 0 Å². The van der Waals surface area contributed by atoms with Crippen LogP contribution in [0.4, 0.5) is 8.78 Å². The largest absolute Gasteiger partial charge is 0.207 e. The summed E-state index contributed by atoms with van der Waals surface area (Å²) < 4.78 is 26.3. The maximum atomic E-state index is 13.5. The van der Waals surface area contributed by atoms with Gasteiger partial charge < -0.3 is 0 Å². The first-order valence-corrected chi connectivity index (χ1v) is 6.69. The molecule has 1 unspecified atom stereocenters. The zero-order chi connectivity index (χ0) is 14.0. The van der Waals surface area contributed by atoms with Gasteiger partial charge in [-0.3, -0.25) is 0 Å². The molecule has 2 aromatic rings. The van der Waals surface area contributed by atoms with Gasteiger partial charge in [0.15, 0.2) is 0 Å². The first-order valence-electron chi connectivity index (χ1n) is 5.49. The fraction of sp³-hybridized carbons (Fsp3) is 0.143. The maximum Gasteiger partial charge on any atom is 0.129 e. The molecule has 0 aliphatic rings. The van der Waals surface area contributed by atoms with E-state index in [0.29, 0.717) is 21.2 Å². The van der Waals surface area contributed by atoms with Gasteiger partial charge in [-0.1, -0.05) is 29.3 Å². The van der Waals surface area contributed by atoms with Crippen molar-refractivity contribution in [3.05, 3.63) is 69.2 Å². The Morgan fingerprint density at radius 3 is 2.16 bits per heavy atom. The third kappa shape index (κ3) is 3.82. The van der Waals surface area contributed by atoms with Gasteiger partial charge in [0, 0.05) is 16.1 Å². The molecule has 0 aromatic heterocycles. The van der Waals surface area contributed by atoms with E-state index < -0.39 is 17.0 Å². The van der Waals surface area contributed by atoms with Crippen molar-refractivity contribution in [2.45, 2.75) is 11.8 Å². The van der Waals surface area contributed by atoms with E-state index >= 15 is 0 Å². The van der Waals surface area contributed by atoms with E-state index in [9.17, 15) is 8.78 Å². The summed E-state index contributed by atoms with van der Waals surface area (Å²) in [4.78, 5) is 0. The number of halogens is 5. The molecule has 0 aliphatic heterocycles. The molecule has 0 saturated carbocycles. The van der Waals surface area contributed by atoms with Crippen molar-refractivity contribution >= 4 is 34.8 Å². The summed E-state index contributed by atoms with van der Waals surface area (Å²) in [7, 11) is 0. The Bertz CT molecular complexity index is 579. The minimum atomic E-state index is -0.613. The van der Waals surface area contributed by atoms with Crippen LogP contribution in [0.15, 0.2) is 36.4 Å². The summed E-state index contributed by atoms with van der Waals surface area (Å²) in [6.45, 7) is 0. The van der Waals surface area contributed by atoms with Crippen LogP contribution in [-0.4, -0.2) is 0 Å². The monoisotopic (exact) mass is 320 g/mol. The standard InChI is InChI=1S/C14H9Cl3F2/c15-10-3-9(4-11(16)6-10)13(17)5-8-1-2-12(18)7-14(8)19/h1-4,6-7,13H,5H2. The van der Waals surface area contributed by atoms with Gasteiger partial charge in [0.1, 0.15) is 11.6 Å². The maximum absolute atomic E-state index is 13.5. The van der Waals surface area contributed by atoms with Crippen LogP contribution in [0.25, 0.3) is 0 Å². The Morgan fingerprint density at radius 1 is 0.947 bits per heavy atom. The first-order chi connectivity index (χ1) is 8.95. The molecule has 0 radical (unpaired) electrons. The van der Waals surface area contributed by atoms with Gasteiger partial charge in [-0.2, -0.15) is 0 Å². The van der Waals surface area contributed by atoms with Crippen molar-refractivity contribution in [3.63, 3.8) is 0 Å². The van der Waals surface area contributed by atoms with Crippen molar-refractivity contribution in [3.8, 4) is 0 Å². The van der Waals surface area contributed by atoms with Gasteiger partial charge in [0.2, 0.25) is 0 Å². The minimum Gasteiger partial charge on any atom is -0.207 e. The minimum absolute atomic E-state index is 0.227. The second-order valence-electron chi connectivity index (χ2n) is 4.11. The third-order valence-corrected chi connectivity index (χ3v) is 3.50. The number of hydrogen-bond donors (Lipinski definition) is 0. The van der Waals surface area contributed by atoms with Crippen LogP contribution in [0.5, 0.6) is 0 Å². The highest BCUT2D eigenvalue weighted by atomic mass is 35.5. The normalized spacial score (nSPS) is 12.5. The second kappa shape index (κ2) is 6.08. The molecular formula is C14H9Cl3F2.